The second kappa shape index (κ2) is 4.70. The minimum Gasteiger partial charge on any atom is -0.426 e. The molecule has 108 valence electrons. The van der Waals surface area contributed by atoms with Crippen molar-refractivity contribution in [1.29, 1.82) is 0 Å². The number of nitrogens with one attached hydrogen (secondary N) is 1. The number of pyridine rings is 1. The Bertz CT molecular complexity index is 1050. The summed E-state index contributed by atoms with van der Waals surface area (Å²) in [5.41, 5.74) is 1.36. The van der Waals surface area contributed by atoms with Crippen molar-refractivity contribution in [2.45, 2.75) is 0 Å². The fourth-order valence-corrected chi connectivity index (χ4v) is 2.45. The molecule has 0 unspecified atom stereocenters. The summed E-state index contributed by atoms with van der Waals surface area (Å²) in [5, 5.41) is 1.55. The molecule has 0 saturated carbocycles. The first kappa shape index (κ1) is 12.6. The van der Waals surface area contributed by atoms with Gasteiger partial charge >= 0.3 is 6.01 Å². The van der Waals surface area contributed by atoms with Gasteiger partial charge in [-0.25, -0.2) is 0 Å². The van der Waals surface area contributed by atoms with E-state index in [1.807, 2.05) is 42.1 Å². The summed E-state index contributed by atoms with van der Waals surface area (Å²) in [6.45, 7) is 0. The van der Waals surface area contributed by atoms with E-state index < -0.39 is 0 Å². The van der Waals surface area contributed by atoms with Crippen molar-refractivity contribution in [3.8, 4) is 11.8 Å². The third kappa shape index (κ3) is 2.01. The molecule has 22 heavy (non-hydrogen) atoms. The minimum absolute atomic E-state index is 0.154. The molecule has 0 radical (unpaired) electrons. The van der Waals surface area contributed by atoms with Gasteiger partial charge in [0.2, 0.25) is 0 Å². The van der Waals surface area contributed by atoms with Crippen LogP contribution in [0.15, 0.2) is 53.7 Å². The van der Waals surface area contributed by atoms with Gasteiger partial charge in [0.05, 0.1) is 17.1 Å². The Labute approximate surface area is 125 Å². The number of aryl methyl sites for hydroxylation is 1. The van der Waals surface area contributed by atoms with Gasteiger partial charge in [-0.2, -0.15) is 4.98 Å². The zero-order valence-corrected chi connectivity index (χ0v) is 11.8. The largest absolute Gasteiger partial charge is 0.426 e. The lowest BCUT2D eigenvalue weighted by Gasteiger charge is -2.06. The summed E-state index contributed by atoms with van der Waals surface area (Å²) in [4.78, 5) is 22.9. The lowest BCUT2D eigenvalue weighted by atomic mass is 10.2. The molecule has 4 aromatic rings. The number of H-pyrrole nitrogens is 1. The van der Waals surface area contributed by atoms with E-state index in [-0.39, 0.29) is 11.6 Å². The SMILES string of the molecule is Cn1ccc2cc(Oc3nc4cnccc4c(=O)[nH]3)ccc21. The number of hydrogen-bond acceptors (Lipinski definition) is 4. The molecule has 1 N–H and O–H groups in total. The van der Waals surface area contributed by atoms with Gasteiger partial charge in [0, 0.05) is 30.3 Å². The van der Waals surface area contributed by atoms with Crippen molar-refractivity contribution in [3.63, 3.8) is 0 Å². The third-order valence-electron chi connectivity index (χ3n) is 3.56. The summed E-state index contributed by atoms with van der Waals surface area (Å²) in [6.07, 6.45) is 5.08. The van der Waals surface area contributed by atoms with Gasteiger partial charge in [-0.3, -0.25) is 14.8 Å². The molecule has 0 spiro atoms. The molecule has 0 amide bonds. The molecule has 0 atom stereocenters. The maximum atomic E-state index is 12.0. The first-order valence-electron chi connectivity index (χ1n) is 6.78. The molecular weight excluding hydrogens is 280 g/mol. The number of benzene rings is 1. The topological polar surface area (TPSA) is 72.8 Å². The van der Waals surface area contributed by atoms with Crippen molar-refractivity contribution in [2.24, 2.45) is 7.05 Å². The van der Waals surface area contributed by atoms with Crippen LogP contribution in [0, 0.1) is 0 Å². The van der Waals surface area contributed by atoms with E-state index in [2.05, 4.69) is 15.0 Å². The van der Waals surface area contributed by atoms with Gasteiger partial charge in [0.25, 0.3) is 5.56 Å². The molecule has 0 bridgehead atoms. The van der Waals surface area contributed by atoms with Crippen molar-refractivity contribution in [2.75, 3.05) is 0 Å². The van der Waals surface area contributed by atoms with Crippen LogP contribution in [0.1, 0.15) is 0 Å². The van der Waals surface area contributed by atoms with Crippen LogP contribution in [0.3, 0.4) is 0 Å². The Morgan fingerprint density at radius 3 is 3.05 bits per heavy atom. The Morgan fingerprint density at radius 1 is 1.23 bits per heavy atom. The molecule has 3 aromatic heterocycles. The number of rotatable bonds is 2. The van der Waals surface area contributed by atoms with Crippen LogP contribution in [0.25, 0.3) is 21.8 Å². The van der Waals surface area contributed by atoms with E-state index in [0.29, 0.717) is 16.7 Å². The fraction of sp³-hybridized carbons (Fsp3) is 0.0625. The van der Waals surface area contributed by atoms with E-state index in [1.165, 1.54) is 6.20 Å². The summed E-state index contributed by atoms with van der Waals surface area (Å²) >= 11 is 0. The molecular formula is C16H12N4O2. The van der Waals surface area contributed by atoms with Crippen LogP contribution < -0.4 is 10.3 Å². The Morgan fingerprint density at radius 2 is 2.14 bits per heavy atom. The Balaban J connectivity index is 1.76. The van der Waals surface area contributed by atoms with E-state index in [4.69, 9.17) is 4.74 Å². The fourth-order valence-electron chi connectivity index (χ4n) is 2.45. The number of fused-ring (bicyclic) bond motifs is 2. The van der Waals surface area contributed by atoms with Crippen LogP contribution in [0.2, 0.25) is 0 Å². The normalized spacial score (nSPS) is 11.1. The quantitative estimate of drug-likeness (QED) is 0.616. The van der Waals surface area contributed by atoms with Gasteiger partial charge in [-0.1, -0.05) is 0 Å². The molecule has 6 nitrogen and oxygen atoms in total. The van der Waals surface area contributed by atoms with E-state index in [9.17, 15) is 4.79 Å². The molecule has 0 aliphatic carbocycles. The number of ether oxygens (including phenoxy) is 1. The van der Waals surface area contributed by atoms with Crippen molar-refractivity contribution >= 4 is 21.8 Å². The zero-order chi connectivity index (χ0) is 15.1. The Kier molecular flexibility index (Phi) is 2.69. The van der Waals surface area contributed by atoms with Gasteiger partial charge in [-0.05, 0) is 30.3 Å². The van der Waals surface area contributed by atoms with E-state index in [1.54, 1.807) is 12.3 Å². The van der Waals surface area contributed by atoms with Gasteiger partial charge in [0.15, 0.2) is 0 Å². The van der Waals surface area contributed by atoms with Crippen LogP contribution in [-0.4, -0.2) is 19.5 Å². The van der Waals surface area contributed by atoms with Crippen molar-refractivity contribution in [3.05, 3.63) is 59.3 Å². The maximum absolute atomic E-state index is 12.0. The standard InChI is InChI=1S/C16H12N4O2/c1-20-7-5-10-8-11(2-3-14(10)20)22-16-18-13-9-17-6-4-12(13)15(21)19-16/h2-9H,1H3,(H,18,19,21). The number of aromatic amines is 1. The predicted molar refractivity (Wildman–Crippen MR) is 83.2 cm³/mol. The van der Waals surface area contributed by atoms with Crippen molar-refractivity contribution < 1.29 is 4.74 Å². The summed E-state index contributed by atoms with van der Waals surface area (Å²) < 4.78 is 7.71. The zero-order valence-electron chi connectivity index (χ0n) is 11.8. The highest BCUT2D eigenvalue weighted by Crippen LogP contribution is 2.24. The summed E-state index contributed by atoms with van der Waals surface area (Å²) in [5.74, 6) is 0.616. The highest BCUT2D eigenvalue weighted by atomic mass is 16.5. The summed E-state index contributed by atoms with van der Waals surface area (Å²) in [6, 6.07) is 9.49. The highest BCUT2D eigenvalue weighted by Gasteiger charge is 2.07. The van der Waals surface area contributed by atoms with E-state index in [0.717, 1.165) is 10.9 Å². The minimum atomic E-state index is -0.247. The van der Waals surface area contributed by atoms with Crippen LogP contribution in [-0.2, 0) is 7.05 Å². The number of hydrogen-bond donors (Lipinski definition) is 1. The predicted octanol–water partition coefficient (Wildman–Crippen LogP) is 2.60. The third-order valence-corrected chi connectivity index (χ3v) is 3.56. The van der Waals surface area contributed by atoms with Crippen LogP contribution in [0.4, 0.5) is 0 Å². The van der Waals surface area contributed by atoms with Gasteiger partial charge in [0.1, 0.15) is 5.75 Å². The lowest BCUT2D eigenvalue weighted by molar-refractivity contribution is 0.443. The highest BCUT2D eigenvalue weighted by molar-refractivity contribution is 5.81. The first-order chi connectivity index (χ1) is 10.7. The average molecular weight is 292 g/mol. The Hall–Kier alpha value is -3.15. The lowest BCUT2D eigenvalue weighted by Crippen LogP contribution is -2.09. The monoisotopic (exact) mass is 292 g/mol. The maximum Gasteiger partial charge on any atom is 0.302 e. The molecule has 0 aliphatic heterocycles. The first-order valence-corrected chi connectivity index (χ1v) is 6.78. The van der Waals surface area contributed by atoms with Gasteiger partial charge in [-0.15, -0.1) is 0 Å². The number of aromatic nitrogens is 4. The molecule has 0 saturated heterocycles. The van der Waals surface area contributed by atoms with E-state index >= 15 is 0 Å². The van der Waals surface area contributed by atoms with Crippen LogP contribution in [0.5, 0.6) is 11.8 Å². The molecule has 0 fully saturated rings. The molecule has 4 rings (SSSR count). The smallest absolute Gasteiger partial charge is 0.302 e. The molecule has 6 heteroatoms. The second-order valence-electron chi connectivity index (χ2n) is 5.01. The molecule has 0 aliphatic rings. The van der Waals surface area contributed by atoms with Crippen LogP contribution >= 0.6 is 0 Å². The number of nitrogens with zero attached hydrogens (tertiary/aromatic N) is 3. The second-order valence-corrected chi connectivity index (χ2v) is 5.01. The van der Waals surface area contributed by atoms with Crippen molar-refractivity contribution in [1.82, 2.24) is 19.5 Å². The molecule has 1 aromatic carbocycles. The van der Waals surface area contributed by atoms with Gasteiger partial charge < -0.3 is 9.30 Å². The summed E-state index contributed by atoms with van der Waals surface area (Å²) in [7, 11) is 1.98. The molecule has 3 heterocycles. The average Bonchev–Trinajstić information content (AvgIpc) is 2.88.